The normalized spacial score (nSPS) is 13.1. The van der Waals surface area contributed by atoms with Crippen LogP contribution in [0.5, 0.6) is 0 Å². The van der Waals surface area contributed by atoms with E-state index in [2.05, 4.69) is 0 Å². The lowest BCUT2D eigenvalue weighted by molar-refractivity contribution is 0.586. The predicted octanol–water partition coefficient (Wildman–Crippen LogP) is 2.55. The van der Waals surface area contributed by atoms with Crippen molar-refractivity contribution in [1.29, 1.82) is 5.26 Å². The Labute approximate surface area is 98.4 Å². The Balaban J connectivity index is 3.29. The maximum atomic E-state index is 12.9. The van der Waals surface area contributed by atoms with Gasteiger partial charge in [-0.25, -0.2) is 12.8 Å². The maximum Gasteiger partial charge on any atom is 0.194 e. The van der Waals surface area contributed by atoms with Crippen LogP contribution in [0.1, 0.15) is 13.3 Å². The highest BCUT2D eigenvalue weighted by molar-refractivity contribution is 7.92. The fraction of sp³-hybridized carbons (Fsp3) is 0.300. The maximum absolute atomic E-state index is 12.9. The van der Waals surface area contributed by atoms with E-state index in [1.54, 1.807) is 13.0 Å². The molecule has 1 unspecified atom stereocenters. The van der Waals surface area contributed by atoms with Crippen LogP contribution in [0, 0.1) is 17.1 Å². The van der Waals surface area contributed by atoms with Crippen LogP contribution in [0.2, 0.25) is 5.02 Å². The van der Waals surface area contributed by atoms with E-state index in [4.69, 9.17) is 16.9 Å². The molecule has 0 saturated carbocycles. The van der Waals surface area contributed by atoms with E-state index in [-0.39, 0.29) is 16.3 Å². The summed E-state index contributed by atoms with van der Waals surface area (Å²) in [5, 5.41) is 7.31. The van der Waals surface area contributed by atoms with Crippen LogP contribution in [0.25, 0.3) is 0 Å². The molecule has 3 nitrogen and oxygen atoms in total. The van der Waals surface area contributed by atoms with Crippen LogP contribution in [0.3, 0.4) is 0 Å². The van der Waals surface area contributed by atoms with E-state index < -0.39 is 20.9 Å². The molecule has 1 atom stereocenters. The Morgan fingerprint density at radius 1 is 1.56 bits per heavy atom. The van der Waals surface area contributed by atoms with Gasteiger partial charge in [0.25, 0.3) is 0 Å². The number of hydrogen-bond donors (Lipinski definition) is 0. The highest BCUT2D eigenvalue weighted by Gasteiger charge is 2.26. The second-order valence-corrected chi connectivity index (χ2v) is 5.68. The monoisotopic (exact) mass is 261 g/mol. The second kappa shape index (κ2) is 4.81. The zero-order chi connectivity index (χ0) is 12.3. The van der Waals surface area contributed by atoms with Crippen molar-refractivity contribution in [1.82, 2.24) is 0 Å². The molecule has 0 bridgehead atoms. The number of nitriles is 1. The van der Waals surface area contributed by atoms with Crippen LogP contribution < -0.4 is 0 Å². The summed E-state index contributed by atoms with van der Waals surface area (Å²) in [7, 11) is -3.75. The third-order valence-electron chi connectivity index (χ3n) is 2.11. The highest BCUT2D eigenvalue weighted by Crippen LogP contribution is 2.23. The quantitative estimate of drug-likeness (QED) is 0.786. The minimum absolute atomic E-state index is 0.132. The molecule has 1 aromatic carbocycles. The van der Waals surface area contributed by atoms with E-state index in [0.29, 0.717) is 0 Å². The van der Waals surface area contributed by atoms with Gasteiger partial charge < -0.3 is 0 Å². The first-order valence-corrected chi connectivity index (χ1v) is 6.44. The zero-order valence-corrected chi connectivity index (χ0v) is 10.0. The first-order chi connectivity index (χ1) is 7.43. The lowest BCUT2D eigenvalue weighted by Crippen LogP contribution is -2.18. The first-order valence-electron chi connectivity index (χ1n) is 4.52. The third-order valence-corrected chi connectivity index (χ3v) is 4.50. The minimum Gasteiger partial charge on any atom is -0.222 e. The molecule has 0 spiro atoms. The Hall–Kier alpha value is -1.12. The molecule has 1 aromatic rings. The van der Waals surface area contributed by atoms with Gasteiger partial charge in [-0.2, -0.15) is 5.26 Å². The van der Waals surface area contributed by atoms with E-state index >= 15 is 0 Å². The molecule has 0 heterocycles. The summed E-state index contributed by atoms with van der Waals surface area (Å²) in [4.78, 5) is -0.132. The fourth-order valence-corrected chi connectivity index (χ4v) is 2.89. The molecular weight excluding hydrogens is 253 g/mol. The molecule has 0 N–H and O–H groups in total. The van der Waals surface area contributed by atoms with Crippen molar-refractivity contribution in [2.45, 2.75) is 23.5 Å². The van der Waals surface area contributed by atoms with Crippen LogP contribution in [-0.2, 0) is 9.84 Å². The van der Waals surface area contributed by atoms with Crippen molar-refractivity contribution in [3.8, 4) is 6.07 Å². The van der Waals surface area contributed by atoms with Gasteiger partial charge in [0.15, 0.2) is 15.1 Å². The Morgan fingerprint density at radius 2 is 2.19 bits per heavy atom. The topological polar surface area (TPSA) is 57.9 Å². The van der Waals surface area contributed by atoms with E-state index in [9.17, 15) is 12.8 Å². The number of halogens is 2. The molecule has 0 aliphatic heterocycles. The summed E-state index contributed by atoms with van der Waals surface area (Å²) in [5.74, 6) is -0.689. The van der Waals surface area contributed by atoms with Gasteiger partial charge in [-0.05, 0) is 24.6 Å². The number of nitrogens with zero attached hydrogens (tertiary/aromatic N) is 1. The van der Waals surface area contributed by atoms with Crippen molar-refractivity contribution in [2.75, 3.05) is 0 Å². The molecule has 16 heavy (non-hydrogen) atoms. The van der Waals surface area contributed by atoms with Crippen molar-refractivity contribution in [3.05, 3.63) is 29.0 Å². The highest BCUT2D eigenvalue weighted by atomic mass is 35.5. The van der Waals surface area contributed by atoms with Crippen LogP contribution in [-0.4, -0.2) is 13.7 Å². The summed E-state index contributed by atoms with van der Waals surface area (Å²) in [6, 6.07) is 4.80. The molecule has 0 saturated heterocycles. The summed E-state index contributed by atoms with van der Waals surface area (Å²) < 4.78 is 36.6. The molecule has 0 aliphatic rings. The number of rotatable bonds is 3. The number of sulfone groups is 1. The largest absolute Gasteiger partial charge is 0.222 e. The molecule has 86 valence electrons. The smallest absolute Gasteiger partial charge is 0.194 e. The van der Waals surface area contributed by atoms with Crippen molar-refractivity contribution in [3.63, 3.8) is 0 Å². The Bertz CT molecular complexity index is 536. The van der Waals surface area contributed by atoms with Gasteiger partial charge in [-0.15, -0.1) is 0 Å². The second-order valence-electron chi connectivity index (χ2n) is 3.15. The van der Waals surface area contributed by atoms with Crippen LogP contribution >= 0.6 is 11.6 Å². The standard InChI is InChI=1S/C10H9ClFNO2S/c1-2-7(6-13)16(14,15)8-3-4-10(12)9(11)5-8/h3-5,7H,2H2,1H3. The summed E-state index contributed by atoms with van der Waals surface area (Å²) in [5.41, 5.74) is 0. The lowest BCUT2D eigenvalue weighted by Gasteiger charge is -2.08. The van der Waals surface area contributed by atoms with Gasteiger partial charge in [0.05, 0.1) is 16.0 Å². The zero-order valence-electron chi connectivity index (χ0n) is 8.44. The lowest BCUT2D eigenvalue weighted by atomic mass is 10.3. The molecule has 0 amide bonds. The average molecular weight is 262 g/mol. The Morgan fingerprint density at radius 3 is 2.62 bits per heavy atom. The molecule has 6 heteroatoms. The molecular formula is C10H9ClFNO2S. The van der Waals surface area contributed by atoms with E-state index in [1.165, 1.54) is 0 Å². The molecule has 0 aliphatic carbocycles. The predicted molar refractivity (Wildman–Crippen MR) is 58.3 cm³/mol. The minimum atomic E-state index is -3.75. The third kappa shape index (κ3) is 2.34. The van der Waals surface area contributed by atoms with E-state index in [0.717, 1.165) is 18.2 Å². The average Bonchev–Trinajstić information content (AvgIpc) is 2.23. The van der Waals surface area contributed by atoms with Gasteiger partial charge in [0, 0.05) is 0 Å². The molecule has 1 rings (SSSR count). The van der Waals surface area contributed by atoms with Crippen molar-refractivity contribution in [2.24, 2.45) is 0 Å². The SMILES string of the molecule is CCC(C#N)S(=O)(=O)c1ccc(F)c(Cl)c1. The van der Waals surface area contributed by atoms with Gasteiger partial charge in [0.1, 0.15) is 5.82 Å². The van der Waals surface area contributed by atoms with Crippen LogP contribution in [0.4, 0.5) is 4.39 Å². The molecule has 0 aromatic heterocycles. The van der Waals surface area contributed by atoms with Crippen LogP contribution in [0.15, 0.2) is 23.1 Å². The van der Waals surface area contributed by atoms with Crippen molar-refractivity contribution < 1.29 is 12.8 Å². The Kier molecular flexibility index (Phi) is 3.89. The summed E-state index contributed by atoms with van der Waals surface area (Å²) in [6.45, 7) is 1.59. The number of hydrogen-bond acceptors (Lipinski definition) is 3. The van der Waals surface area contributed by atoms with Gasteiger partial charge in [-0.1, -0.05) is 18.5 Å². The first kappa shape index (κ1) is 12.9. The summed E-state index contributed by atoms with van der Waals surface area (Å²) >= 11 is 5.49. The molecule has 0 radical (unpaired) electrons. The number of benzene rings is 1. The van der Waals surface area contributed by atoms with Gasteiger partial charge in [-0.3, -0.25) is 0 Å². The van der Waals surface area contributed by atoms with Gasteiger partial charge in [0.2, 0.25) is 0 Å². The molecule has 0 fully saturated rings. The van der Waals surface area contributed by atoms with Crippen molar-refractivity contribution >= 4 is 21.4 Å². The van der Waals surface area contributed by atoms with Gasteiger partial charge >= 0.3 is 0 Å². The summed E-state index contributed by atoms with van der Waals surface area (Å²) in [6.07, 6.45) is 0.174. The van der Waals surface area contributed by atoms with E-state index in [1.807, 2.05) is 0 Å². The fourth-order valence-electron chi connectivity index (χ4n) is 1.20.